The lowest BCUT2D eigenvalue weighted by Crippen LogP contribution is -2.18. The molecule has 0 N–H and O–H groups in total. The molecular formula is C13H15BrF3N. The van der Waals surface area contributed by atoms with Gasteiger partial charge in [0.25, 0.3) is 0 Å². The standard InChI is InChI=1S/C11H9BrF3N.C2H6/c1-7-5-8-9(12)3-2-4-10(8)16(7)6-11(13,14)15;1-2/h2-5H,6H2,1H3;1-2H3. The van der Waals surface area contributed by atoms with Gasteiger partial charge in [-0.1, -0.05) is 35.8 Å². The van der Waals surface area contributed by atoms with E-state index < -0.39 is 12.7 Å². The zero-order valence-corrected chi connectivity index (χ0v) is 12.1. The van der Waals surface area contributed by atoms with Crippen LogP contribution in [-0.4, -0.2) is 10.7 Å². The number of nitrogens with zero attached hydrogens (tertiary/aromatic N) is 1. The summed E-state index contributed by atoms with van der Waals surface area (Å²) >= 11 is 3.33. The Balaban J connectivity index is 0.000000771. The Morgan fingerprint density at radius 3 is 2.39 bits per heavy atom. The summed E-state index contributed by atoms with van der Waals surface area (Å²) in [6, 6.07) is 7.00. The van der Waals surface area contributed by atoms with Gasteiger partial charge in [-0.3, -0.25) is 0 Å². The SMILES string of the molecule is CC.Cc1cc2c(Br)cccc2n1CC(F)(F)F. The number of halogens is 4. The van der Waals surface area contributed by atoms with Crippen molar-refractivity contribution in [2.24, 2.45) is 0 Å². The zero-order chi connectivity index (χ0) is 13.9. The van der Waals surface area contributed by atoms with Gasteiger partial charge < -0.3 is 4.57 Å². The summed E-state index contributed by atoms with van der Waals surface area (Å²) in [5, 5.41) is 0.809. The number of benzene rings is 1. The van der Waals surface area contributed by atoms with Gasteiger partial charge in [-0.2, -0.15) is 13.2 Å². The van der Waals surface area contributed by atoms with E-state index >= 15 is 0 Å². The zero-order valence-electron chi connectivity index (χ0n) is 10.5. The first-order chi connectivity index (χ1) is 8.38. The van der Waals surface area contributed by atoms with Crippen LogP contribution < -0.4 is 0 Å². The van der Waals surface area contributed by atoms with Crippen LogP contribution in [0.5, 0.6) is 0 Å². The Kier molecular flexibility index (Phi) is 4.85. The largest absolute Gasteiger partial charge is 0.406 e. The highest BCUT2D eigenvalue weighted by molar-refractivity contribution is 9.10. The molecule has 0 radical (unpaired) electrons. The summed E-state index contributed by atoms with van der Waals surface area (Å²) in [6.45, 7) is 4.73. The fourth-order valence-electron chi connectivity index (χ4n) is 1.77. The van der Waals surface area contributed by atoms with Crippen LogP contribution in [-0.2, 0) is 6.54 Å². The minimum atomic E-state index is -4.20. The lowest BCUT2D eigenvalue weighted by molar-refractivity contribution is -0.140. The maximum atomic E-state index is 12.4. The Hall–Kier alpha value is -0.970. The second-order valence-electron chi connectivity index (χ2n) is 3.66. The summed E-state index contributed by atoms with van der Waals surface area (Å²) in [7, 11) is 0. The van der Waals surface area contributed by atoms with E-state index in [-0.39, 0.29) is 0 Å². The van der Waals surface area contributed by atoms with Crippen LogP contribution in [0, 0.1) is 6.92 Å². The fourth-order valence-corrected chi connectivity index (χ4v) is 2.24. The van der Waals surface area contributed by atoms with E-state index in [0.29, 0.717) is 11.2 Å². The molecule has 0 fully saturated rings. The molecule has 1 aromatic carbocycles. The summed E-state index contributed by atoms with van der Waals surface area (Å²) in [5.41, 5.74) is 1.21. The molecule has 0 atom stereocenters. The molecule has 0 unspecified atom stereocenters. The van der Waals surface area contributed by atoms with Gasteiger partial charge in [0.05, 0.1) is 0 Å². The minimum absolute atomic E-state index is 0.601. The van der Waals surface area contributed by atoms with Crippen molar-refractivity contribution in [3.8, 4) is 0 Å². The van der Waals surface area contributed by atoms with Crippen LogP contribution in [0.3, 0.4) is 0 Å². The molecule has 100 valence electrons. The molecule has 18 heavy (non-hydrogen) atoms. The first kappa shape index (κ1) is 15.1. The molecule has 1 nitrogen and oxygen atoms in total. The summed E-state index contributed by atoms with van der Waals surface area (Å²) in [4.78, 5) is 0. The predicted molar refractivity (Wildman–Crippen MR) is 71.8 cm³/mol. The highest BCUT2D eigenvalue weighted by atomic mass is 79.9. The summed E-state index contributed by atoms with van der Waals surface area (Å²) in [5.74, 6) is 0. The molecule has 0 saturated heterocycles. The fraction of sp³-hybridized carbons (Fsp3) is 0.385. The van der Waals surface area contributed by atoms with Gasteiger partial charge >= 0.3 is 6.18 Å². The van der Waals surface area contributed by atoms with Crippen LogP contribution in [0.25, 0.3) is 10.9 Å². The van der Waals surface area contributed by atoms with Crippen molar-refractivity contribution in [3.05, 3.63) is 34.4 Å². The third-order valence-electron chi connectivity index (χ3n) is 2.44. The Morgan fingerprint density at radius 1 is 1.22 bits per heavy atom. The van der Waals surface area contributed by atoms with Crippen LogP contribution in [0.4, 0.5) is 13.2 Å². The Labute approximate surface area is 113 Å². The second kappa shape index (κ2) is 5.78. The number of hydrogen-bond acceptors (Lipinski definition) is 0. The Morgan fingerprint density at radius 2 is 1.83 bits per heavy atom. The highest BCUT2D eigenvalue weighted by Gasteiger charge is 2.29. The molecule has 0 spiro atoms. The van der Waals surface area contributed by atoms with E-state index in [2.05, 4.69) is 15.9 Å². The van der Waals surface area contributed by atoms with Crippen molar-refractivity contribution in [1.82, 2.24) is 4.57 Å². The predicted octanol–water partition coefficient (Wildman–Crippen LogP) is 5.30. The number of aryl methyl sites for hydroxylation is 1. The van der Waals surface area contributed by atoms with Crippen LogP contribution in [0.2, 0.25) is 0 Å². The first-order valence-electron chi connectivity index (χ1n) is 5.69. The lowest BCUT2D eigenvalue weighted by Gasteiger charge is -2.11. The summed E-state index contributed by atoms with van der Waals surface area (Å²) in [6.07, 6.45) is -4.20. The van der Waals surface area contributed by atoms with E-state index in [1.165, 1.54) is 4.57 Å². The van der Waals surface area contributed by atoms with E-state index in [1.54, 1.807) is 25.1 Å². The van der Waals surface area contributed by atoms with E-state index in [9.17, 15) is 13.2 Å². The highest BCUT2D eigenvalue weighted by Crippen LogP contribution is 2.29. The maximum absolute atomic E-state index is 12.4. The molecule has 1 heterocycles. The van der Waals surface area contributed by atoms with Gasteiger partial charge in [0, 0.05) is 21.1 Å². The topological polar surface area (TPSA) is 4.93 Å². The first-order valence-corrected chi connectivity index (χ1v) is 6.49. The molecule has 0 aliphatic carbocycles. The van der Waals surface area contributed by atoms with Crippen molar-refractivity contribution >= 4 is 26.8 Å². The molecule has 0 amide bonds. The number of hydrogen-bond donors (Lipinski definition) is 0. The molecule has 0 aliphatic rings. The third-order valence-corrected chi connectivity index (χ3v) is 3.13. The van der Waals surface area contributed by atoms with Crippen LogP contribution >= 0.6 is 15.9 Å². The number of alkyl halides is 3. The average molecular weight is 322 g/mol. The number of rotatable bonds is 1. The van der Waals surface area contributed by atoms with Crippen molar-refractivity contribution in [2.75, 3.05) is 0 Å². The maximum Gasteiger partial charge on any atom is 0.406 e. The molecule has 0 saturated carbocycles. The molecule has 0 aliphatic heterocycles. The van der Waals surface area contributed by atoms with Crippen molar-refractivity contribution in [3.63, 3.8) is 0 Å². The van der Waals surface area contributed by atoms with Crippen LogP contribution in [0.15, 0.2) is 28.7 Å². The normalized spacial score (nSPS) is 11.3. The number of fused-ring (bicyclic) bond motifs is 1. The molecule has 0 bridgehead atoms. The van der Waals surface area contributed by atoms with Crippen molar-refractivity contribution in [2.45, 2.75) is 33.5 Å². The van der Waals surface area contributed by atoms with Crippen molar-refractivity contribution < 1.29 is 13.2 Å². The van der Waals surface area contributed by atoms with Crippen molar-refractivity contribution in [1.29, 1.82) is 0 Å². The monoisotopic (exact) mass is 321 g/mol. The van der Waals surface area contributed by atoms with Gasteiger partial charge in [0.15, 0.2) is 0 Å². The molecule has 5 heteroatoms. The molecular weight excluding hydrogens is 307 g/mol. The van der Waals surface area contributed by atoms with Gasteiger partial charge in [-0.25, -0.2) is 0 Å². The molecule has 2 aromatic rings. The quantitative estimate of drug-likeness (QED) is 0.671. The van der Waals surface area contributed by atoms with Gasteiger partial charge in [0.1, 0.15) is 6.54 Å². The van der Waals surface area contributed by atoms with E-state index in [0.717, 1.165) is 9.86 Å². The van der Waals surface area contributed by atoms with E-state index in [4.69, 9.17) is 0 Å². The minimum Gasteiger partial charge on any atom is -0.336 e. The van der Waals surface area contributed by atoms with Gasteiger partial charge in [0.2, 0.25) is 0 Å². The Bertz CT molecular complexity index is 529. The lowest BCUT2D eigenvalue weighted by atomic mass is 10.2. The number of aromatic nitrogens is 1. The van der Waals surface area contributed by atoms with Gasteiger partial charge in [-0.05, 0) is 25.1 Å². The van der Waals surface area contributed by atoms with Gasteiger partial charge in [-0.15, -0.1) is 0 Å². The summed E-state index contributed by atoms with van der Waals surface area (Å²) < 4.78 is 39.3. The second-order valence-corrected chi connectivity index (χ2v) is 4.51. The average Bonchev–Trinajstić information content (AvgIpc) is 2.59. The molecule has 1 aromatic heterocycles. The molecule has 2 rings (SSSR count). The van der Waals surface area contributed by atoms with E-state index in [1.807, 2.05) is 19.9 Å². The smallest absolute Gasteiger partial charge is 0.336 e. The third kappa shape index (κ3) is 3.28. The van der Waals surface area contributed by atoms with Crippen LogP contribution in [0.1, 0.15) is 19.5 Å².